The zero-order valence-corrected chi connectivity index (χ0v) is 16.8. The number of ketones is 1. The van der Waals surface area contributed by atoms with Gasteiger partial charge in [-0.1, -0.05) is 67.6 Å². The smallest absolute Gasteiger partial charge is 0.222 e. The number of benzene rings is 2. The van der Waals surface area contributed by atoms with Crippen molar-refractivity contribution in [3.05, 3.63) is 82.9 Å². The predicted molar refractivity (Wildman–Crippen MR) is 116 cm³/mol. The Kier molecular flexibility index (Phi) is 8.37. The first-order chi connectivity index (χ1) is 13.6. The number of amides is 1. The number of piperidine rings is 1. The van der Waals surface area contributed by atoms with Crippen LogP contribution < -0.4 is 5.32 Å². The molecule has 146 valence electrons. The minimum Gasteiger partial charge on any atom is -0.334 e. The third-order valence-corrected chi connectivity index (χ3v) is 4.24. The lowest BCUT2D eigenvalue weighted by molar-refractivity contribution is -0.131. The van der Waals surface area contributed by atoms with Crippen LogP contribution in [0.3, 0.4) is 0 Å². The van der Waals surface area contributed by atoms with E-state index >= 15 is 0 Å². The van der Waals surface area contributed by atoms with Gasteiger partial charge in [0.1, 0.15) is 0 Å². The third-order valence-electron chi connectivity index (χ3n) is 4.24. The minimum absolute atomic E-state index is 0.0212. The first kappa shape index (κ1) is 21.3. The van der Waals surface area contributed by atoms with Crippen molar-refractivity contribution in [3.63, 3.8) is 0 Å². The maximum absolute atomic E-state index is 12.9. The maximum Gasteiger partial charge on any atom is 0.222 e. The van der Waals surface area contributed by atoms with Crippen LogP contribution in [0.2, 0.25) is 0 Å². The number of nitrogens with one attached hydrogen (secondary N) is 1. The standard InChI is InChI=1S/C22H21NO2.C2H7N/c1-2-21(24)23-15-19(13-17-9-5-3-6-10-17)22(25)20(16-23)14-18-11-7-4-8-12-18;1-3-2/h3-14H,2,15-16H2,1H3;3H,1-2H3. The summed E-state index contributed by atoms with van der Waals surface area (Å²) >= 11 is 0. The average Bonchev–Trinajstić information content (AvgIpc) is 2.72. The molecular weight excluding hydrogens is 348 g/mol. The highest BCUT2D eigenvalue weighted by Crippen LogP contribution is 2.22. The van der Waals surface area contributed by atoms with E-state index < -0.39 is 0 Å². The van der Waals surface area contributed by atoms with Crippen LogP contribution in [0.4, 0.5) is 0 Å². The van der Waals surface area contributed by atoms with Crippen molar-refractivity contribution in [1.29, 1.82) is 0 Å². The monoisotopic (exact) mass is 376 g/mol. The lowest BCUT2D eigenvalue weighted by Gasteiger charge is -2.29. The Morgan fingerprint density at radius 1 is 0.893 bits per heavy atom. The van der Waals surface area contributed by atoms with Gasteiger partial charge in [0.2, 0.25) is 5.91 Å². The van der Waals surface area contributed by atoms with Gasteiger partial charge in [-0.2, -0.15) is 0 Å². The molecule has 0 saturated carbocycles. The summed E-state index contributed by atoms with van der Waals surface area (Å²) in [6.45, 7) is 2.58. The molecule has 28 heavy (non-hydrogen) atoms. The number of nitrogens with zero attached hydrogens (tertiary/aromatic N) is 1. The molecule has 1 aliphatic heterocycles. The fraction of sp³-hybridized carbons (Fsp3) is 0.250. The van der Waals surface area contributed by atoms with Crippen LogP contribution in [0.1, 0.15) is 24.5 Å². The number of carbonyl (C=O) groups is 2. The summed E-state index contributed by atoms with van der Waals surface area (Å²) in [4.78, 5) is 26.9. The normalized spacial score (nSPS) is 16.7. The second-order valence-electron chi connectivity index (χ2n) is 6.59. The van der Waals surface area contributed by atoms with E-state index in [9.17, 15) is 9.59 Å². The zero-order valence-electron chi connectivity index (χ0n) is 16.8. The molecule has 1 saturated heterocycles. The van der Waals surface area contributed by atoms with Crippen molar-refractivity contribution in [2.75, 3.05) is 27.2 Å². The van der Waals surface area contributed by atoms with Gasteiger partial charge in [-0.25, -0.2) is 0 Å². The van der Waals surface area contributed by atoms with Crippen LogP contribution in [-0.2, 0) is 9.59 Å². The van der Waals surface area contributed by atoms with Gasteiger partial charge in [0, 0.05) is 30.7 Å². The summed E-state index contributed by atoms with van der Waals surface area (Å²) in [7, 11) is 3.75. The molecule has 0 radical (unpaired) electrons. The molecule has 2 aromatic carbocycles. The van der Waals surface area contributed by atoms with Gasteiger partial charge in [-0.05, 0) is 37.4 Å². The van der Waals surface area contributed by atoms with Crippen molar-refractivity contribution in [1.82, 2.24) is 10.2 Å². The summed E-state index contributed by atoms with van der Waals surface area (Å²) in [5.41, 5.74) is 3.24. The van der Waals surface area contributed by atoms with Crippen molar-refractivity contribution in [2.45, 2.75) is 13.3 Å². The number of likely N-dealkylation sites (tertiary alicyclic amines) is 1. The molecule has 0 aromatic heterocycles. The van der Waals surface area contributed by atoms with Crippen LogP contribution in [0.5, 0.6) is 0 Å². The van der Waals surface area contributed by atoms with Crippen molar-refractivity contribution < 1.29 is 9.59 Å². The van der Waals surface area contributed by atoms with Crippen LogP contribution >= 0.6 is 0 Å². The zero-order chi connectivity index (χ0) is 20.4. The average molecular weight is 377 g/mol. The van der Waals surface area contributed by atoms with Crippen molar-refractivity contribution >= 4 is 23.8 Å². The molecule has 0 bridgehead atoms. The Bertz CT molecular complexity index is 778. The number of hydrogen-bond donors (Lipinski definition) is 1. The van der Waals surface area contributed by atoms with E-state index in [-0.39, 0.29) is 11.7 Å². The van der Waals surface area contributed by atoms with E-state index in [2.05, 4.69) is 5.32 Å². The predicted octanol–water partition coefficient (Wildman–Crippen LogP) is 3.81. The van der Waals surface area contributed by atoms with E-state index in [0.29, 0.717) is 30.7 Å². The molecule has 3 rings (SSSR count). The number of hydrogen-bond acceptors (Lipinski definition) is 3. The topological polar surface area (TPSA) is 49.4 Å². The van der Waals surface area contributed by atoms with E-state index in [1.54, 1.807) is 4.90 Å². The van der Waals surface area contributed by atoms with Crippen molar-refractivity contribution in [2.24, 2.45) is 0 Å². The molecule has 0 atom stereocenters. The SMILES string of the molecule is CCC(=O)N1CC(=Cc2ccccc2)C(=O)C(=Cc2ccccc2)C1.CNC. The second kappa shape index (κ2) is 11.0. The fourth-order valence-corrected chi connectivity index (χ4v) is 2.94. The van der Waals surface area contributed by atoms with Crippen LogP contribution in [0.25, 0.3) is 12.2 Å². The molecular formula is C24H28N2O2. The molecule has 1 N–H and O–H groups in total. The lowest BCUT2D eigenvalue weighted by atomic mass is 9.94. The quantitative estimate of drug-likeness (QED) is 0.829. The summed E-state index contributed by atoms with van der Waals surface area (Å²) in [6.07, 6.45) is 4.21. The highest BCUT2D eigenvalue weighted by atomic mass is 16.2. The highest BCUT2D eigenvalue weighted by Gasteiger charge is 2.28. The number of carbonyl (C=O) groups excluding carboxylic acids is 2. The van der Waals surface area contributed by atoms with Crippen LogP contribution in [0.15, 0.2) is 71.8 Å². The summed E-state index contributed by atoms with van der Waals surface area (Å²) in [5.74, 6) is 0.0817. The Morgan fingerprint density at radius 3 is 1.64 bits per heavy atom. The van der Waals surface area contributed by atoms with Crippen molar-refractivity contribution in [3.8, 4) is 0 Å². The first-order valence-electron chi connectivity index (χ1n) is 9.51. The largest absolute Gasteiger partial charge is 0.334 e. The molecule has 0 unspecified atom stereocenters. The van der Waals surface area contributed by atoms with E-state index in [0.717, 1.165) is 11.1 Å². The molecule has 2 aromatic rings. The summed E-state index contributed by atoms with van der Waals surface area (Å²) in [5, 5.41) is 2.75. The van der Waals surface area contributed by atoms with Gasteiger partial charge >= 0.3 is 0 Å². The van der Waals surface area contributed by atoms with E-state index in [1.807, 2.05) is 93.8 Å². The minimum atomic E-state index is 0.0212. The molecule has 4 nitrogen and oxygen atoms in total. The molecule has 1 aliphatic rings. The fourth-order valence-electron chi connectivity index (χ4n) is 2.94. The number of rotatable bonds is 3. The van der Waals surface area contributed by atoms with Gasteiger partial charge < -0.3 is 10.2 Å². The molecule has 0 spiro atoms. The van der Waals surface area contributed by atoms with E-state index in [1.165, 1.54) is 0 Å². The molecule has 1 amide bonds. The lowest BCUT2D eigenvalue weighted by Crippen LogP contribution is -2.41. The molecule has 4 heteroatoms. The molecule has 1 fully saturated rings. The van der Waals surface area contributed by atoms with Crippen LogP contribution in [0, 0.1) is 0 Å². The van der Waals surface area contributed by atoms with Gasteiger partial charge in [0.05, 0.1) is 0 Å². The Hall–Kier alpha value is -2.98. The van der Waals surface area contributed by atoms with Crippen LogP contribution in [-0.4, -0.2) is 43.8 Å². The Morgan fingerprint density at radius 2 is 1.29 bits per heavy atom. The first-order valence-corrected chi connectivity index (χ1v) is 9.51. The molecule has 0 aliphatic carbocycles. The summed E-state index contributed by atoms with van der Waals surface area (Å²) in [6, 6.07) is 19.5. The maximum atomic E-state index is 12.9. The summed E-state index contributed by atoms with van der Waals surface area (Å²) < 4.78 is 0. The highest BCUT2D eigenvalue weighted by molar-refractivity contribution is 6.15. The van der Waals surface area contributed by atoms with Gasteiger partial charge in [-0.3, -0.25) is 9.59 Å². The Labute approximate surface area is 167 Å². The molecule has 1 heterocycles. The van der Waals surface area contributed by atoms with E-state index in [4.69, 9.17) is 0 Å². The number of Topliss-reactive ketones (excluding diaryl/α,β-unsaturated/α-hetero) is 1. The third kappa shape index (κ3) is 6.03. The van der Waals surface area contributed by atoms with Gasteiger partial charge in [-0.15, -0.1) is 0 Å². The van der Waals surface area contributed by atoms with Gasteiger partial charge in [0.15, 0.2) is 5.78 Å². The Balaban J connectivity index is 0.000000878. The second-order valence-corrected chi connectivity index (χ2v) is 6.59. The van der Waals surface area contributed by atoms with Gasteiger partial charge in [0.25, 0.3) is 0 Å².